The number of para-hydroxylation sites is 1. The fourth-order valence-corrected chi connectivity index (χ4v) is 2.68. The van der Waals surface area contributed by atoms with Crippen molar-refractivity contribution >= 4 is 27.5 Å². The maximum absolute atomic E-state index is 12.2. The first-order valence-corrected chi connectivity index (χ1v) is 6.63. The van der Waals surface area contributed by atoms with E-state index in [1.807, 2.05) is 0 Å². The highest BCUT2D eigenvalue weighted by atomic mass is 79.9. The van der Waals surface area contributed by atoms with Crippen molar-refractivity contribution in [1.29, 1.82) is 5.26 Å². The molecule has 1 aliphatic heterocycles. The van der Waals surface area contributed by atoms with Crippen LogP contribution in [0.2, 0.25) is 0 Å². The van der Waals surface area contributed by atoms with Crippen LogP contribution in [0, 0.1) is 11.3 Å². The van der Waals surface area contributed by atoms with Crippen LogP contribution in [0.15, 0.2) is 18.2 Å². The Morgan fingerprint density at radius 3 is 3.00 bits per heavy atom. The van der Waals surface area contributed by atoms with E-state index in [0.29, 0.717) is 23.5 Å². The Balaban J connectivity index is 2.49. The highest BCUT2D eigenvalue weighted by molar-refractivity contribution is 9.10. The quantitative estimate of drug-likeness (QED) is 0.789. The molecule has 5 heteroatoms. The van der Waals surface area contributed by atoms with Crippen molar-refractivity contribution in [3.05, 3.63) is 23.8 Å². The molecule has 0 aromatic heterocycles. The van der Waals surface area contributed by atoms with Crippen LogP contribution < -0.4 is 9.64 Å². The number of carbonyl (C=O) groups excluding carboxylic acids is 1. The second-order valence-electron chi connectivity index (χ2n) is 4.07. The fourth-order valence-electron chi connectivity index (χ4n) is 2.11. The Hall–Kier alpha value is -1.54. The van der Waals surface area contributed by atoms with E-state index in [0.717, 1.165) is 12.8 Å². The fraction of sp³-hybridized carbons (Fsp3) is 0.385. The lowest BCUT2D eigenvalue weighted by Crippen LogP contribution is -2.42. The summed E-state index contributed by atoms with van der Waals surface area (Å²) in [5.41, 5.74) is 1.04. The summed E-state index contributed by atoms with van der Waals surface area (Å²) in [6.07, 6.45) is 1.73. The van der Waals surface area contributed by atoms with Gasteiger partial charge in [0.1, 0.15) is 17.5 Å². The molecule has 2 rings (SSSR count). The third-order valence-corrected chi connectivity index (χ3v) is 3.83. The van der Waals surface area contributed by atoms with Crippen LogP contribution >= 0.6 is 15.9 Å². The van der Waals surface area contributed by atoms with E-state index in [1.54, 1.807) is 30.2 Å². The molecule has 1 aliphatic rings. The Kier molecular flexibility index (Phi) is 3.87. The summed E-state index contributed by atoms with van der Waals surface area (Å²) in [7, 11) is 1.54. The standard InChI is InChI=1S/C13H13BrN2O2/c1-18-11-6-2-4-9(8-15)12(11)16-7-3-5-10(14)13(16)17/h2,4,6,10H,3,5,7H2,1H3. The van der Waals surface area contributed by atoms with Gasteiger partial charge in [0.15, 0.2) is 0 Å². The number of ether oxygens (including phenoxy) is 1. The predicted molar refractivity (Wildman–Crippen MR) is 72.0 cm³/mol. The summed E-state index contributed by atoms with van der Waals surface area (Å²) in [4.78, 5) is 13.6. The number of methoxy groups -OCH3 is 1. The molecular formula is C13H13BrN2O2. The lowest BCUT2D eigenvalue weighted by molar-refractivity contribution is -0.118. The van der Waals surface area contributed by atoms with Gasteiger partial charge in [-0.05, 0) is 25.0 Å². The molecule has 1 unspecified atom stereocenters. The zero-order valence-electron chi connectivity index (χ0n) is 10.0. The van der Waals surface area contributed by atoms with Gasteiger partial charge >= 0.3 is 0 Å². The van der Waals surface area contributed by atoms with Crippen LogP contribution in [0.1, 0.15) is 18.4 Å². The van der Waals surface area contributed by atoms with Crippen LogP contribution in [-0.2, 0) is 4.79 Å². The van der Waals surface area contributed by atoms with Gasteiger partial charge in [-0.15, -0.1) is 0 Å². The first kappa shape index (κ1) is 12.9. The van der Waals surface area contributed by atoms with Crippen molar-refractivity contribution in [2.75, 3.05) is 18.6 Å². The van der Waals surface area contributed by atoms with Crippen LogP contribution in [0.3, 0.4) is 0 Å². The number of alkyl halides is 1. The molecule has 1 amide bonds. The maximum Gasteiger partial charge on any atom is 0.240 e. The third-order valence-electron chi connectivity index (χ3n) is 2.98. The topological polar surface area (TPSA) is 53.3 Å². The van der Waals surface area contributed by atoms with Gasteiger partial charge in [-0.3, -0.25) is 4.79 Å². The van der Waals surface area contributed by atoms with Crippen LogP contribution in [0.25, 0.3) is 0 Å². The highest BCUT2D eigenvalue weighted by Gasteiger charge is 2.30. The van der Waals surface area contributed by atoms with Gasteiger partial charge in [0.2, 0.25) is 5.91 Å². The largest absolute Gasteiger partial charge is 0.495 e. The van der Waals surface area contributed by atoms with Crippen molar-refractivity contribution in [1.82, 2.24) is 0 Å². The van der Waals surface area contributed by atoms with Gasteiger partial charge in [0.05, 0.1) is 17.5 Å². The Bertz CT molecular complexity index is 510. The van der Waals surface area contributed by atoms with Gasteiger partial charge in [-0.25, -0.2) is 0 Å². The average Bonchev–Trinajstić information content (AvgIpc) is 2.41. The van der Waals surface area contributed by atoms with Gasteiger partial charge in [-0.1, -0.05) is 22.0 Å². The molecule has 4 nitrogen and oxygen atoms in total. The molecule has 0 saturated carbocycles. The van der Waals surface area contributed by atoms with E-state index in [2.05, 4.69) is 22.0 Å². The lowest BCUT2D eigenvalue weighted by Gasteiger charge is -2.31. The maximum atomic E-state index is 12.2. The van der Waals surface area contributed by atoms with Gasteiger partial charge in [0, 0.05) is 6.54 Å². The van der Waals surface area contributed by atoms with Crippen molar-refractivity contribution in [2.45, 2.75) is 17.7 Å². The van der Waals surface area contributed by atoms with E-state index in [1.165, 1.54) is 0 Å². The molecule has 0 spiro atoms. The molecule has 1 heterocycles. The molecular weight excluding hydrogens is 296 g/mol. The number of carbonyl (C=O) groups is 1. The Morgan fingerprint density at radius 1 is 1.56 bits per heavy atom. The highest BCUT2D eigenvalue weighted by Crippen LogP contribution is 2.35. The number of nitriles is 1. The van der Waals surface area contributed by atoms with E-state index < -0.39 is 0 Å². The molecule has 18 heavy (non-hydrogen) atoms. The summed E-state index contributed by atoms with van der Waals surface area (Å²) in [5.74, 6) is 0.547. The molecule has 1 atom stereocenters. The lowest BCUT2D eigenvalue weighted by atomic mass is 10.1. The van der Waals surface area contributed by atoms with Gasteiger partial charge < -0.3 is 9.64 Å². The SMILES string of the molecule is COc1cccc(C#N)c1N1CCCC(Br)C1=O. The number of benzene rings is 1. The third kappa shape index (κ3) is 2.21. The van der Waals surface area contributed by atoms with Crippen molar-refractivity contribution in [2.24, 2.45) is 0 Å². The van der Waals surface area contributed by atoms with Gasteiger partial charge in [0.25, 0.3) is 0 Å². The second kappa shape index (κ2) is 5.40. The van der Waals surface area contributed by atoms with Crippen molar-refractivity contribution < 1.29 is 9.53 Å². The number of halogens is 1. The number of nitrogens with zero attached hydrogens (tertiary/aromatic N) is 2. The van der Waals surface area contributed by atoms with Gasteiger partial charge in [-0.2, -0.15) is 5.26 Å². The van der Waals surface area contributed by atoms with Crippen molar-refractivity contribution in [3.8, 4) is 11.8 Å². The van der Waals surface area contributed by atoms with E-state index >= 15 is 0 Å². The van der Waals surface area contributed by atoms with E-state index in [9.17, 15) is 4.79 Å². The van der Waals surface area contributed by atoms with Crippen LogP contribution in [0.5, 0.6) is 5.75 Å². The van der Waals surface area contributed by atoms with Crippen LogP contribution in [0.4, 0.5) is 5.69 Å². The van der Waals surface area contributed by atoms with E-state index in [4.69, 9.17) is 10.00 Å². The number of piperidine rings is 1. The summed E-state index contributed by atoms with van der Waals surface area (Å²) in [6, 6.07) is 7.33. The number of rotatable bonds is 2. The number of hydrogen-bond acceptors (Lipinski definition) is 3. The zero-order valence-corrected chi connectivity index (χ0v) is 11.6. The Labute approximate surface area is 114 Å². The Morgan fingerprint density at radius 2 is 2.33 bits per heavy atom. The number of amides is 1. The van der Waals surface area contributed by atoms with E-state index in [-0.39, 0.29) is 10.7 Å². The molecule has 0 radical (unpaired) electrons. The first-order valence-electron chi connectivity index (χ1n) is 5.71. The average molecular weight is 309 g/mol. The summed E-state index contributed by atoms with van der Waals surface area (Å²) >= 11 is 3.37. The molecule has 0 N–H and O–H groups in total. The molecule has 0 bridgehead atoms. The minimum absolute atomic E-state index is 0.0118. The minimum Gasteiger partial charge on any atom is -0.495 e. The normalized spacial score (nSPS) is 19.5. The summed E-state index contributed by atoms with van der Waals surface area (Å²) in [5, 5.41) is 9.17. The summed E-state index contributed by atoms with van der Waals surface area (Å²) < 4.78 is 5.26. The monoisotopic (exact) mass is 308 g/mol. The number of hydrogen-bond donors (Lipinski definition) is 0. The molecule has 1 aromatic carbocycles. The first-order chi connectivity index (χ1) is 8.69. The molecule has 1 fully saturated rings. The van der Waals surface area contributed by atoms with Crippen molar-refractivity contribution in [3.63, 3.8) is 0 Å². The second-order valence-corrected chi connectivity index (χ2v) is 5.17. The molecule has 0 aliphatic carbocycles. The molecule has 1 saturated heterocycles. The molecule has 94 valence electrons. The summed E-state index contributed by atoms with van der Waals surface area (Å²) in [6.45, 7) is 0.621. The molecule has 1 aromatic rings. The number of anilines is 1. The van der Waals surface area contributed by atoms with Crippen LogP contribution in [-0.4, -0.2) is 24.4 Å². The smallest absolute Gasteiger partial charge is 0.240 e. The predicted octanol–water partition coefficient (Wildman–Crippen LogP) is 2.46. The zero-order chi connectivity index (χ0) is 13.1. The minimum atomic E-state index is -0.178.